The smallest absolute Gasteiger partial charge is 0.379 e. The molecule has 15 heteroatoms. The maximum Gasteiger partial charge on any atom is 0.379 e. The average Bonchev–Trinajstić information content (AvgIpc) is 1.56. The van der Waals surface area contributed by atoms with Crippen molar-refractivity contribution in [2.75, 3.05) is 23.5 Å². The molecular weight excluding hydrogens is 1530 g/mol. The second-order valence-electron chi connectivity index (χ2n) is 44.9. The van der Waals surface area contributed by atoms with Crippen LogP contribution in [0.3, 0.4) is 0 Å². The van der Waals surface area contributed by atoms with Gasteiger partial charge in [0.25, 0.3) is 5.92 Å². The number of ether oxygens (including phenoxy) is 2. The minimum atomic E-state index is -5.31. The number of nitrogens with zero attached hydrogens (tertiary/aromatic N) is 4. The molecule has 0 radical (unpaired) electrons. The zero-order valence-corrected chi connectivity index (χ0v) is 87.2. The lowest BCUT2D eigenvalue weighted by molar-refractivity contribution is -0.264. The van der Waals surface area contributed by atoms with Gasteiger partial charge >= 0.3 is 17.8 Å². The highest BCUT2D eigenvalue weighted by atomic mass is 32.2. The van der Waals surface area contributed by atoms with E-state index < -0.39 is 45.7 Å². The molecule has 0 amide bonds. The van der Waals surface area contributed by atoms with E-state index in [0.717, 1.165) is 23.5 Å². The Morgan fingerprint density at radius 1 is 0.308 bits per heavy atom. The van der Waals surface area contributed by atoms with E-state index in [0.29, 0.717) is 23.3 Å². The lowest BCUT2D eigenvalue weighted by atomic mass is 9.75. The van der Waals surface area contributed by atoms with E-state index in [9.17, 15) is 35.1 Å². The van der Waals surface area contributed by atoms with Crippen LogP contribution in [0, 0.1) is 30.1 Å². The molecule has 0 aromatic heterocycles. The van der Waals surface area contributed by atoms with Gasteiger partial charge in [-0.15, -0.1) is 11.8 Å². The highest BCUT2D eigenvalue weighted by Gasteiger charge is 2.78. The fourth-order valence-electron chi connectivity index (χ4n) is 20.3. The molecule has 686 valence electrons. The molecule has 9 aliphatic rings. The van der Waals surface area contributed by atoms with E-state index in [-0.39, 0.29) is 66.5 Å². The first kappa shape index (κ1) is 109. The molecule has 0 saturated carbocycles. The number of para-hydroxylation sites is 2. The van der Waals surface area contributed by atoms with Gasteiger partial charge in [0.05, 0.1) is 56.6 Å². The van der Waals surface area contributed by atoms with E-state index in [1.54, 1.807) is 38.8 Å². The van der Waals surface area contributed by atoms with Crippen molar-refractivity contribution in [2.24, 2.45) is 16.2 Å². The van der Waals surface area contributed by atoms with Crippen molar-refractivity contribution in [3.05, 3.63) is 160 Å². The molecule has 2 aliphatic carbocycles. The summed E-state index contributed by atoms with van der Waals surface area (Å²) in [5, 5.41) is 0. The van der Waals surface area contributed by atoms with Crippen LogP contribution in [0.4, 0.5) is 46.5 Å². The fraction of sp³-hybridized carbons (Fsp3) is 0.714. The number of hydrogen-bond acceptors (Lipinski definition) is 7. The van der Waals surface area contributed by atoms with Crippen LogP contribution < -0.4 is 9.80 Å². The summed E-state index contributed by atoms with van der Waals surface area (Å²) in [6.07, 6.45) is 0. The first-order valence-electron chi connectivity index (χ1n) is 43.7. The molecule has 0 unspecified atom stereocenters. The average molecular weight is 1710 g/mol. The van der Waals surface area contributed by atoms with Crippen LogP contribution in [-0.4, -0.2) is 118 Å². The lowest BCUT2D eigenvalue weighted by Crippen LogP contribution is -2.59. The van der Waals surface area contributed by atoms with E-state index in [2.05, 4.69) is 392 Å². The van der Waals surface area contributed by atoms with Crippen molar-refractivity contribution < 1.29 is 44.6 Å². The summed E-state index contributed by atoms with van der Waals surface area (Å²) in [6.45, 7) is 114. The molecule has 2 aromatic rings. The number of thioether (sulfide) groups is 1. The van der Waals surface area contributed by atoms with Crippen LogP contribution >= 0.6 is 11.8 Å². The lowest BCUT2D eigenvalue weighted by Gasteiger charge is -2.51. The van der Waals surface area contributed by atoms with Gasteiger partial charge in [-0.1, -0.05) is 123 Å². The number of aryl methyl sites for hydroxylation is 2. The molecular formula is C105H172F8N4O2S. The van der Waals surface area contributed by atoms with Gasteiger partial charge in [-0.25, -0.2) is 8.78 Å². The maximum atomic E-state index is 14.0. The molecule has 2 aromatic carbocycles. The van der Waals surface area contributed by atoms with Crippen LogP contribution in [0.5, 0.6) is 0 Å². The van der Waals surface area contributed by atoms with Gasteiger partial charge in [0, 0.05) is 65.1 Å². The number of anilines is 2. The SMILES string of the molecule is CC1=C(C)C(C)(C)C(F)(F)C1(C)C.CC1=C(C)C(C)(C)CO1.CC1=C(C)C(C)(C)N(C(C)(C)C)C1(C)C.CC1=C(C)C(C)(C)N(C)C1(C)C.CC1=C(C)C(C)(C)N(c2c(C)cccc2C)C1(C)C.CC1=C(C)C(C)(C)N(c2ccccc2)C1(C)C.CC1=C(C)C(C)(C)OC1(C)C.CC1=C(C)C(C)(C)SC1(C)C.CC1=C(C)C(F)(F)C(F)(F)C1(F)F. The zero-order chi connectivity index (χ0) is 95.5. The highest BCUT2D eigenvalue weighted by molar-refractivity contribution is 8.02. The topological polar surface area (TPSA) is 31.4 Å². The molecule has 0 spiro atoms. The van der Waals surface area contributed by atoms with E-state index >= 15 is 0 Å². The monoisotopic (exact) mass is 1710 g/mol. The molecule has 6 nitrogen and oxygen atoms in total. The van der Waals surface area contributed by atoms with Gasteiger partial charge < -0.3 is 19.3 Å². The second-order valence-corrected chi connectivity index (χ2v) is 47.2. The molecule has 0 N–H and O–H groups in total. The van der Waals surface area contributed by atoms with Crippen molar-refractivity contribution in [3.63, 3.8) is 0 Å². The molecule has 0 bridgehead atoms. The number of halogens is 8. The Bertz CT molecular complexity index is 4090. The summed E-state index contributed by atoms with van der Waals surface area (Å²) in [4.78, 5) is 10.2. The number of benzene rings is 2. The van der Waals surface area contributed by atoms with Crippen LogP contribution in [0.15, 0.2) is 149 Å². The molecule has 11 rings (SSSR count). The van der Waals surface area contributed by atoms with Crippen molar-refractivity contribution in [3.8, 4) is 0 Å². The molecule has 120 heavy (non-hydrogen) atoms. The number of allylic oxidation sites excluding steroid dienone is 5. The molecule has 0 fully saturated rings. The van der Waals surface area contributed by atoms with Crippen LogP contribution in [0.1, 0.15) is 364 Å². The van der Waals surface area contributed by atoms with E-state index in [1.807, 2.05) is 20.8 Å². The Hall–Kier alpha value is -4.83. The van der Waals surface area contributed by atoms with Crippen LogP contribution in [-0.2, 0) is 9.47 Å². The van der Waals surface area contributed by atoms with Gasteiger partial charge in [0.15, 0.2) is 0 Å². The molecule has 0 atom stereocenters. The quantitative estimate of drug-likeness (QED) is 0.219. The zero-order valence-electron chi connectivity index (χ0n) is 86.4. The normalized spacial score (nSPS) is 25.9. The van der Waals surface area contributed by atoms with Gasteiger partial charge in [0.2, 0.25) is 0 Å². The van der Waals surface area contributed by atoms with Crippen molar-refractivity contribution in [2.45, 2.75) is 461 Å². The summed E-state index contributed by atoms with van der Waals surface area (Å²) in [5.74, 6) is -16.3. The predicted molar refractivity (Wildman–Crippen MR) is 507 cm³/mol. The number of alkyl halides is 8. The van der Waals surface area contributed by atoms with Crippen LogP contribution in [0.2, 0.25) is 0 Å². The Balaban J connectivity index is 0.000000352. The van der Waals surface area contributed by atoms with Gasteiger partial charge in [-0.2, -0.15) is 26.3 Å². The van der Waals surface area contributed by atoms with Crippen molar-refractivity contribution >= 4 is 23.1 Å². The number of hydrogen-bond donors (Lipinski definition) is 0. The third-order valence-corrected chi connectivity index (χ3v) is 33.9. The molecule has 0 saturated heterocycles. The Morgan fingerprint density at radius 2 is 0.592 bits per heavy atom. The van der Waals surface area contributed by atoms with Gasteiger partial charge in [-0.3, -0.25) is 9.80 Å². The number of rotatable bonds is 2. The Morgan fingerprint density at radius 3 is 0.767 bits per heavy atom. The number of likely N-dealkylation sites (N-methyl/N-ethyl adjacent to an activating group) is 1. The Labute approximate surface area is 734 Å². The van der Waals surface area contributed by atoms with Crippen molar-refractivity contribution in [1.29, 1.82) is 0 Å². The van der Waals surface area contributed by atoms with Crippen LogP contribution in [0.25, 0.3) is 0 Å². The summed E-state index contributed by atoms with van der Waals surface area (Å²) >= 11 is 2.07. The Kier molecular flexibility index (Phi) is 31.7. The summed E-state index contributed by atoms with van der Waals surface area (Å²) < 4.78 is 115. The first-order chi connectivity index (χ1) is 52.8. The van der Waals surface area contributed by atoms with Gasteiger partial charge in [-0.05, 0) is 395 Å². The summed E-state index contributed by atoms with van der Waals surface area (Å²) in [6, 6.07) is 17.3. The molecule has 7 aliphatic heterocycles. The summed E-state index contributed by atoms with van der Waals surface area (Å²) in [7, 11) is 2.21. The maximum absolute atomic E-state index is 14.0. The fourth-order valence-corrected chi connectivity index (χ4v) is 22.2. The largest absolute Gasteiger partial charge is 0.497 e. The predicted octanol–water partition coefficient (Wildman–Crippen LogP) is 32.4. The summed E-state index contributed by atoms with van der Waals surface area (Å²) in [5.41, 5.74) is 23.5. The standard InChI is InChI=1S/C18H27N.C16H23N.C14H27N.C11H18F2.C11H21N.C10H18O.C10H18S.C8H14O.C7H6F6/c1-12-10-9-11-13(2)16(12)19-17(5,6)14(3)15(4)18(19,7)8;1-12-13(2)16(5,6)17(15(12,3)4)14-10-8-7-9-11-14;1-10-11(2)14(8,9)15(12(3,4)5)13(10,6)7;1-7-8(2)10(5,6)11(12,13)9(7,3)4;1-8-9(2)11(5,6)12(7)10(8,3)4;2*1-7-8(2)10(5,6)11-9(7,3)4;1-6-7(2)9-5-8(6,3)4;1-3-4(2)6(10,11)7(12,13)5(3,8)9/h9-11H,1-8H3;7-11H,1-6H3;1-9H3;1-6H3;1-7H3;2*1-6H3;5H2,1-4H3;1-2H3. The van der Waals surface area contributed by atoms with Gasteiger partial charge in [0.1, 0.15) is 0 Å². The third-order valence-electron chi connectivity index (χ3n) is 32.2. The second kappa shape index (κ2) is 34.7. The van der Waals surface area contributed by atoms with Crippen molar-refractivity contribution in [1.82, 2.24) is 9.80 Å². The third kappa shape index (κ3) is 19.4. The molecule has 7 heterocycles. The first-order valence-corrected chi connectivity index (χ1v) is 44.6. The minimum absolute atomic E-state index is 0.0619. The highest BCUT2D eigenvalue weighted by Crippen LogP contribution is 2.63. The van der Waals surface area contributed by atoms with E-state index in [4.69, 9.17) is 9.47 Å². The minimum Gasteiger partial charge on any atom is -0.497 e. The van der Waals surface area contributed by atoms with E-state index in [1.165, 1.54) is 83.8 Å².